The zero-order valence-corrected chi connectivity index (χ0v) is 20.7. The summed E-state index contributed by atoms with van der Waals surface area (Å²) in [4.78, 5) is -0.399. The van der Waals surface area contributed by atoms with Crippen molar-refractivity contribution >= 4 is 27.5 Å². The first-order chi connectivity index (χ1) is 17.2. The molecule has 0 spiro atoms. The lowest BCUT2D eigenvalue weighted by Gasteiger charge is -2.24. The number of alkyl halides is 3. The van der Waals surface area contributed by atoms with Crippen LogP contribution in [0.2, 0.25) is 0 Å². The molecule has 0 bridgehead atoms. The van der Waals surface area contributed by atoms with Gasteiger partial charge in [-0.1, -0.05) is 48.5 Å². The second-order valence-corrected chi connectivity index (χ2v) is 10.4. The van der Waals surface area contributed by atoms with E-state index in [9.17, 15) is 21.6 Å². The predicted molar refractivity (Wildman–Crippen MR) is 135 cm³/mol. The maximum absolute atomic E-state index is 13.2. The Hall–Kier alpha value is -3.30. The molecule has 1 aliphatic rings. The van der Waals surface area contributed by atoms with Gasteiger partial charge in [-0.3, -0.25) is 4.31 Å². The SMILES string of the molecule is CCN(c1cccc(CNNC2=c3ccccc3=CCCC2)c1)S(=O)(=O)c1cccc(C(F)(F)F)c1. The van der Waals surface area contributed by atoms with Crippen molar-refractivity contribution < 1.29 is 21.6 Å². The smallest absolute Gasteiger partial charge is 0.325 e. The Morgan fingerprint density at radius 1 is 0.972 bits per heavy atom. The number of halogens is 3. The number of hydrazine groups is 1. The number of fused-ring (bicyclic) bond motifs is 1. The molecule has 0 amide bonds. The lowest BCUT2D eigenvalue weighted by atomic mass is 10.2. The Kier molecular flexibility index (Phi) is 7.70. The average molecular weight is 516 g/mol. The molecule has 0 heterocycles. The summed E-state index contributed by atoms with van der Waals surface area (Å²) in [6.07, 6.45) is 0.552. The summed E-state index contributed by atoms with van der Waals surface area (Å²) in [6.45, 7) is 2.14. The fourth-order valence-electron chi connectivity index (χ4n) is 4.28. The number of nitrogens with one attached hydrogen (secondary N) is 2. The van der Waals surface area contributed by atoms with E-state index in [-0.39, 0.29) is 6.54 Å². The Morgan fingerprint density at radius 3 is 2.53 bits per heavy atom. The Balaban J connectivity index is 1.54. The van der Waals surface area contributed by atoms with E-state index in [4.69, 9.17) is 0 Å². The highest BCUT2D eigenvalue weighted by atomic mass is 32.2. The molecule has 3 aromatic rings. The molecule has 2 N–H and O–H groups in total. The van der Waals surface area contributed by atoms with E-state index < -0.39 is 26.7 Å². The highest BCUT2D eigenvalue weighted by Gasteiger charge is 2.33. The van der Waals surface area contributed by atoms with Crippen molar-refractivity contribution in [2.75, 3.05) is 10.8 Å². The zero-order valence-electron chi connectivity index (χ0n) is 19.8. The van der Waals surface area contributed by atoms with E-state index in [0.717, 1.165) is 52.2 Å². The van der Waals surface area contributed by atoms with Gasteiger partial charge < -0.3 is 5.43 Å². The lowest BCUT2D eigenvalue weighted by Crippen LogP contribution is -2.37. The van der Waals surface area contributed by atoms with Crippen LogP contribution in [-0.2, 0) is 22.7 Å². The van der Waals surface area contributed by atoms with Crippen LogP contribution in [0.4, 0.5) is 18.9 Å². The second kappa shape index (κ2) is 10.8. The van der Waals surface area contributed by atoms with E-state index in [1.54, 1.807) is 25.1 Å². The standard InChI is InChI=1S/C27H28F3N3O2S/c1-2-33(36(34,35)24-14-8-12-22(18-24)27(28,29)30)23-13-7-9-20(17-23)19-31-32-26-16-6-4-11-21-10-3-5-15-25(21)26/h3,5,7-15,17-18,31-32H,2,4,6,16,19H2,1H3. The molecule has 0 saturated heterocycles. The number of hydrogen-bond acceptors (Lipinski definition) is 4. The van der Waals surface area contributed by atoms with E-state index in [2.05, 4.69) is 29.1 Å². The maximum atomic E-state index is 13.2. The molecule has 5 nitrogen and oxygen atoms in total. The molecule has 1 aliphatic carbocycles. The first-order valence-electron chi connectivity index (χ1n) is 11.8. The van der Waals surface area contributed by atoms with Crippen LogP contribution in [0, 0.1) is 0 Å². The van der Waals surface area contributed by atoms with E-state index in [0.29, 0.717) is 18.3 Å². The van der Waals surface area contributed by atoms with Crippen molar-refractivity contribution in [2.45, 2.75) is 43.8 Å². The van der Waals surface area contributed by atoms with Crippen LogP contribution in [0.5, 0.6) is 0 Å². The van der Waals surface area contributed by atoms with Crippen molar-refractivity contribution in [1.82, 2.24) is 10.9 Å². The largest absolute Gasteiger partial charge is 0.416 e. The van der Waals surface area contributed by atoms with Crippen molar-refractivity contribution in [3.8, 4) is 0 Å². The van der Waals surface area contributed by atoms with Crippen LogP contribution >= 0.6 is 0 Å². The van der Waals surface area contributed by atoms with Crippen LogP contribution in [0.1, 0.15) is 37.3 Å². The molecule has 36 heavy (non-hydrogen) atoms. The molecule has 0 atom stereocenters. The van der Waals surface area contributed by atoms with Crippen LogP contribution in [0.15, 0.2) is 77.7 Å². The van der Waals surface area contributed by atoms with Crippen molar-refractivity contribution in [3.05, 3.63) is 94.4 Å². The Morgan fingerprint density at radius 2 is 1.75 bits per heavy atom. The van der Waals surface area contributed by atoms with Crippen molar-refractivity contribution in [3.63, 3.8) is 0 Å². The molecule has 3 aromatic carbocycles. The minimum atomic E-state index is -4.63. The summed E-state index contributed by atoms with van der Waals surface area (Å²) in [5, 5.41) is 2.35. The Labute approximate surface area is 209 Å². The molecule has 190 valence electrons. The minimum absolute atomic E-state index is 0.0684. The van der Waals surface area contributed by atoms with E-state index in [1.807, 2.05) is 18.2 Å². The van der Waals surface area contributed by atoms with Gasteiger partial charge in [0.2, 0.25) is 0 Å². The third kappa shape index (κ3) is 5.74. The quantitative estimate of drug-likeness (QED) is 0.440. The molecule has 9 heteroatoms. The van der Waals surface area contributed by atoms with E-state index in [1.165, 1.54) is 11.3 Å². The summed E-state index contributed by atoms with van der Waals surface area (Å²) in [5.74, 6) is 0. The first-order valence-corrected chi connectivity index (χ1v) is 13.2. The molecule has 0 fully saturated rings. The van der Waals surface area contributed by atoms with Gasteiger partial charge in [0.25, 0.3) is 10.0 Å². The highest BCUT2D eigenvalue weighted by Crippen LogP contribution is 2.32. The number of nitrogens with zero attached hydrogens (tertiary/aromatic N) is 1. The summed E-state index contributed by atoms with van der Waals surface area (Å²) >= 11 is 0. The summed E-state index contributed by atoms with van der Waals surface area (Å²) < 4.78 is 67.1. The number of sulfonamides is 1. The van der Waals surface area contributed by atoms with Gasteiger partial charge in [-0.2, -0.15) is 13.2 Å². The first kappa shape index (κ1) is 25.8. The molecular weight excluding hydrogens is 487 g/mol. The number of rotatable bonds is 8. The second-order valence-electron chi connectivity index (χ2n) is 8.51. The summed E-state index contributed by atoms with van der Waals surface area (Å²) in [7, 11) is -4.19. The third-order valence-corrected chi connectivity index (χ3v) is 7.95. The monoisotopic (exact) mass is 515 g/mol. The average Bonchev–Trinajstić information content (AvgIpc) is 3.07. The topological polar surface area (TPSA) is 61.4 Å². The minimum Gasteiger partial charge on any atom is -0.325 e. The molecule has 0 aromatic heterocycles. The molecule has 0 unspecified atom stereocenters. The van der Waals surface area contributed by atoms with Gasteiger partial charge in [-0.05, 0) is 67.3 Å². The van der Waals surface area contributed by atoms with Gasteiger partial charge in [0, 0.05) is 24.0 Å². The molecular formula is C27H28F3N3O2S. The van der Waals surface area contributed by atoms with Gasteiger partial charge in [0.1, 0.15) is 0 Å². The molecule has 0 aliphatic heterocycles. The van der Waals surface area contributed by atoms with Crippen LogP contribution in [-0.4, -0.2) is 15.0 Å². The maximum Gasteiger partial charge on any atom is 0.416 e. The van der Waals surface area contributed by atoms with Crippen LogP contribution in [0.25, 0.3) is 11.8 Å². The third-order valence-electron chi connectivity index (χ3n) is 6.05. The Bertz CT molecular complexity index is 1450. The van der Waals surface area contributed by atoms with Gasteiger partial charge in [-0.15, -0.1) is 0 Å². The summed E-state index contributed by atoms with van der Waals surface area (Å²) in [6, 6.07) is 19.0. The van der Waals surface area contributed by atoms with Gasteiger partial charge >= 0.3 is 6.18 Å². The number of anilines is 1. The van der Waals surface area contributed by atoms with Crippen LogP contribution < -0.4 is 25.6 Å². The highest BCUT2D eigenvalue weighted by molar-refractivity contribution is 7.92. The normalized spacial score (nSPS) is 13.9. The summed E-state index contributed by atoms with van der Waals surface area (Å²) in [5.41, 5.74) is 7.84. The lowest BCUT2D eigenvalue weighted by molar-refractivity contribution is -0.137. The van der Waals surface area contributed by atoms with Gasteiger partial charge in [0.05, 0.1) is 16.1 Å². The fourth-order valence-corrected chi connectivity index (χ4v) is 5.79. The zero-order chi connectivity index (χ0) is 25.8. The van der Waals surface area contributed by atoms with Gasteiger partial charge in [-0.25, -0.2) is 13.8 Å². The van der Waals surface area contributed by atoms with Crippen LogP contribution in [0.3, 0.4) is 0 Å². The van der Waals surface area contributed by atoms with Crippen molar-refractivity contribution in [2.24, 2.45) is 0 Å². The van der Waals surface area contributed by atoms with E-state index >= 15 is 0 Å². The molecule has 4 rings (SSSR count). The predicted octanol–water partition coefficient (Wildman–Crippen LogP) is 4.29. The molecule has 0 saturated carbocycles. The van der Waals surface area contributed by atoms with Gasteiger partial charge in [0.15, 0.2) is 0 Å². The molecule has 0 radical (unpaired) electrons. The van der Waals surface area contributed by atoms with Crippen molar-refractivity contribution in [1.29, 1.82) is 0 Å². The number of hydrogen-bond donors (Lipinski definition) is 2. The number of benzene rings is 3. The fraction of sp³-hybridized carbons (Fsp3) is 0.259.